The fourth-order valence-corrected chi connectivity index (χ4v) is 9.37. The number of pyridine rings is 1. The zero-order chi connectivity index (χ0) is 43.0. The minimum Gasteiger partial charge on any atom is -0.354 e. The second-order valence-electron chi connectivity index (χ2n) is 14.6. The number of halogens is 6. The van der Waals surface area contributed by atoms with Gasteiger partial charge in [0.05, 0.1) is 22.4 Å². The van der Waals surface area contributed by atoms with Crippen LogP contribution in [0.25, 0.3) is 27.4 Å². The van der Waals surface area contributed by atoms with Crippen molar-refractivity contribution >= 4 is 149 Å². The Morgan fingerprint density at radius 2 is 1.48 bits per heavy atom. The monoisotopic (exact) mass is 983 g/mol. The average Bonchev–Trinajstić information content (AvgIpc) is 3.61. The van der Waals surface area contributed by atoms with Crippen LogP contribution < -0.4 is 31.9 Å². The zero-order valence-electron chi connectivity index (χ0n) is 32.3. The Kier molecular flexibility index (Phi) is 16.3. The van der Waals surface area contributed by atoms with Crippen molar-refractivity contribution in [2.45, 2.75) is 84.2 Å². The van der Waals surface area contributed by atoms with E-state index in [9.17, 15) is 9.59 Å². The second kappa shape index (κ2) is 21.0. The van der Waals surface area contributed by atoms with Crippen LogP contribution in [-0.2, 0) is 16.0 Å². The number of hydrogen-bond acceptors (Lipinski definition) is 6. The first kappa shape index (κ1) is 46.6. The summed E-state index contributed by atoms with van der Waals surface area (Å²) in [5.41, 5.74) is 5.54. The molecule has 0 spiro atoms. The predicted octanol–water partition coefficient (Wildman–Crippen LogP) is 10.9. The van der Waals surface area contributed by atoms with Gasteiger partial charge in [-0.1, -0.05) is 137 Å². The van der Waals surface area contributed by atoms with Crippen molar-refractivity contribution in [2.24, 2.45) is 5.92 Å². The van der Waals surface area contributed by atoms with Gasteiger partial charge in [0.2, 0.25) is 19.4 Å². The van der Waals surface area contributed by atoms with Crippen LogP contribution in [0.5, 0.6) is 0 Å². The smallest absolute Gasteiger partial charge is 0.245 e. The summed E-state index contributed by atoms with van der Waals surface area (Å²) < 4.78 is -2.83. The van der Waals surface area contributed by atoms with Crippen LogP contribution in [0.2, 0.25) is 0 Å². The molecule has 2 aromatic heterocycles. The van der Waals surface area contributed by atoms with Crippen LogP contribution in [0.3, 0.4) is 0 Å². The lowest BCUT2D eigenvalue weighted by molar-refractivity contribution is -0.118. The van der Waals surface area contributed by atoms with Crippen molar-refractivity contribution in [1.29, 1.82) is 0 Å². The summed E-state index contributed by atoms with van der Waals surface area (Å²) in [6, 6.07) is 19.5. The summed E-state index contributed by atoms with van der Waals surface area (Å²) in [6.07, 6.45) is 12.5. The minimum atomic E-state index is -1.93. The predicted molar refractivity (Wildman–Crippen MR) is 259 cm³/mol. The molecule has 0 saturated heterocycles. The molecule has 9 nitrogen and oxygen atoms in total. The normalized spacial score (nSPS) is 17.1. The number of hydrogen-bond donors (Lipinski definition) is 6. The molecule has 0 radical (unpaired) electrons. The molecule has 1 fully saturated rings. The van der Waals surface area contributed by atoms with Gasteiger partial charge in [0, 0.05) is 21.7 Å². The molecule has 318 valence electrons. The molecule has 2 aliphatic carbocycles. The Balaban J connectivity index is 1.12. The highest BCUT2D eigenvalue weighted by Gasteiger charge is 2.36. The Labute approximate surface area is 394 Å². The first-order valence-electron chi connectivity index (χ1n) is 19.4. The highest BCUT2D eigenvalue weighted by Crippen LogP contribution is 2.38. The fraction of sp³-hybridized carbons (Fsp3) is 0.357. The number of allylic oxidation sites excluding steroid dienone is 1. The number of alkyl halides is 6. The highest BCUT2D eigenvalue weighted by molar-refractivity contribution is 7.80. The number of carbonyl (C=O) groups is 2. The van der Waals surface area contributed by atoms with Gasteiger partial charge in [0.15, 0.2) is 10.2 Å². The van der Waals surface area contributed by atoms with E-state index in [4.69, 9.17) is 99.0 Å². The third-order valence-corrected chi connectivity index (χ3v) is 13.0. The van der Waals surface area contributed by atoms with Gasteiger partial charge in [-0.05, 0) is 116 Å². The lowest BCUT2D eigenvalue weighted by Gasteiger charge is -2.31. The van der Waals surface area contributed by atoms with Gasteiger partial charge >= 0.3 is 0 Å². The number of aryl methyl sites for hydroxylation is 2. The Hall–Kier alpha value is -2.91. The van der Waals surface area contributed by atoms with E-state index in [0.717, 1.165) is 93.7 Å². The molecule has 3 atom stereocenters. The summed E-state index contributed by atoms with van der Waals surface area (Å²) in [7, 11) is 0. The number of rotatable bonds is 11. The number of nitrogens with zero attached hydrogens (tertiary/aromatic N) is 1. The second-order valence-corrected chi connectivity index (χ2v) is 21.3. The molecule has 3 unspecified atom stereocenters. The van der Waals surface area contributed by atoms with Crippen LogP contribution in [0, 0.1) is 12.8 Å². The molecule has 1 saturated carbocycles. The van der Waals surface area contributed by atoms with Crippen molar-refractivity contribution in [3.05, 3.63) is 101 Å². The van der Waals surface area contributed by atoms with E-state index in [1.807, 2.05) is 67.6 Å². The summed E-state index contributed by atoms with van der Waals surface area (Å²) in [4.78, 5) is 30.8. The van der Waals surface area contributed by atoms with Crippen molar-refractivity contribution < 1.29 is 9.59 Å². The lowest BCUT2D eigenvalue weighted by Crippen LogP contribution is -2.57. The van der Waals surface area contributed by atoms with Crippen molar-refractivity contribution in [1.82, 2.24) is 31.6 Å². The fourth-order valence-electron chi connectivity index (χ4n) is 7.17. The largest absolute Gasteiger partial charge is 0.354 e. The number of amides is 2. The standard InChI is InChI=1S/C42H43Cl6N7O2S3/c1-24-9-5-6-12-26(24)19-22-34(57)52-38(42(46,47)48)55-40(59)53-35-23-29-28(14-8-16-32(29)60-35)30-20-18-27-13-7-15-31(36(27)49-30)50-39(58)54-37(41(43,44)45)51-33(56)21-17-25-10-3-2-4-11-25/h5-6,8-9,12,14,16-23,25,31,37-38H,2-4,7,10-11,13,15H2,1H3,(H,51,56)(H,52,57)(H2,50,54,58)(H2,53,55,59)/b21-17+,22-19+. The van der Waals surface area contributed by atoms with Crippen LogP contribution in [0.15, 0.2) is 78.9 Å². The Bertz CT molecular complexity index is 2270. The lowest BCUT2D eigenvalue weighted by atomic mass is 9.89. The number of nitrogens with one attached hydrogen (secondary N) is 6. The number of carbonyl (C=O) groups excluding carboxylic acids is 2. The molecule has 6 N–H and O–H groups in total. The molecule has 2 aromatic carbocycles. The molecular weight excluding hydrogens is 943 g/mol. The zero-order valence-corrected chi connectivity index (χ0v) is 39.3. The maximum absolute atomic E-state index is 12.8. The van der Waals surface area contributed by atoms with Crippen molar-refractivity contribution in [3.8, 4) is 11.3 Å². The number of benzene rings is 2. The number of thiophene rings is 1. The first-order valence-corrected chi connectivity index (χ1v) is 23.3. The molecule has 18 heteroatoms. The number of aromatic nitrogens is 1. The summed E-state index contributed by atoms with van der Waals surface area (Å²) >= 11 is 50.4. The molecule has 6 rings (SSSR count). The molecule has 4 aromatic rings. The number of thiocarbonyl (C=S) groups is 2. The third-order valence-electron chi connectivity index (χ3n) is 10.2. The van der Waals surface area contributed by atoms with Gasteiger partial charge in [-0.15, -0.1) is 11.3 Å². The minimum absolute atomic E-state index is 0.139. The van der Waals surface area contributed by atoms with E-state index in [-0.39, 0.29) is 22.2 Å². The molecule has 2 aliphatic rings. The summed E-state index contributed by atoms with van der Waals surface area (Å²) in [5, 5.41) is 19.9. The Morgan fingerprint density at radius 1 is 0.800 bits per heavy atom. The van der Waals surface area contributed by atoms with Crippen LogP contribution >= 0.6 is 105 Å². The third kappa shape index (κ3) is 13.1. The van der Waals surface area contributed by atoms with E-state index in [2.05, 4.69) is 38.0 Å². The van der Waals surface area contributed by atoms with E-state index in [1.165, 1.54) is 29.9 Å². The summed E-state index contributed by atoms with van der Waals surface area (Å²) in [6.45, 7) is 1.95. The van der Waals surface area contributed by atoms with Gasteiger partial charge in [-0.2, -0.15) is 0 Å². The summed E-state index contributed by atoms with van der Waals surface area (Å²) in [5.74, 6) is -0.480. The molecule has 2 amide bonds. The van der Waals surface area contributed by atoms with Crippen LogP contribution in [0.4, 0.5) is 5.00 Å². The molecule has 0 bridgehead atoms. The average molecular weight is 987 g/mol. The Morgan fingerprint density at radius 3 is 2.18 bits per heavy atom. The van der Waals surface area contributed by atoms with E-state index in [0.29, 0.717) is 5.92 Å². The SMILES string of the molecule is Cc1ccccc1/C=C/C(=O)NC(NC(=S)Nc1cc2c(-c3ccc4c(n3)C(NC(=S)NC(NC(=O)/C=C/C3CCCCC3)C(Cl)(Cl)Cl)CCC4)cccc2s1)C(Cl)(Cl)Cl. The van der Waals surface area contributed by atoms with Gasteiger partial charge in [0.1, 0.15) is 12.3 Å². The topological polar surface area (TPSA) is 119 Å². The first-order chi connectivity index (χ1) is 28.5. The molecule has 2 heterocycles. The van der Waals surface area contributed by atoms with E-state index in [1.54, 1.807) is 6.08 Å². The van der Waals surface area contributed by atoms with Gasteiger partial charge in [-0.3, -0.25) is 14.6 Å². The maximum atomic E-state index is 12.8. The molecule has 0 aliphatic heterocycles. The van der Waals surface area contributed by atoms with Gasteiger partial charge in [0.25, 0.3) is 0 Å². The number of anilines is 1. The molecular formula is C42H43Cl6N7O2S3. The maximum Gasteiger partial charge on any atom is 0.245 e. The van der Waals surface area contributed by atoms with E-state index >= 15 is 0 Å². The molecule has 60 heavy (non-hydrogen) atoms. The van der Waals surface area contributed by atoms with Crippen LogP contribution in [0.1, 0.15) is 73.4 Å². The quantitative estimate of drug-likeness (QED) is 0.0378. The van der Waals surface area contributed by atoms with Gasteiger partial charge in [-0.25, -0.2) is 0 Å². The van der Waals surface area contributed by atoms with Gasteiger partial charge < -0.3 is 31.9 Å². The van der Waals surface area contributed by atoms with E-state index < -0.39 is 25.8 Å². The number of fused-ring (bicyclic) bond motifs is 2. The van der Waals surface area contributed by atoms with Crippen molar-refractivity contribution in [3.63, 3.8) is 0 Å². The van der Waals surface area contributed by atoms with Crippen LogP contribution in [-0.4, -0.2) is 46.9 Å². The van der Waals surface area contributed by atoms with Crippen molar-refractivity contribution in [2.75, 3.05) is 5.32 Å². The highest BCUT2D eigenvalue weighted by atomic mass is 35.6.